The minimum atomic E-state index is -1.01. The van der Waals surface area contributed by atoms with Gasteiger partial charge in [-0.05, 0) is 56.0 Å². The molecule has 0 spiro atoms. The molecule has 0 fully saturated rings. The van der Waals surface area contributed by atoms with E-state index < -0.39 is 23.1 Å². The second-order valence-corrected chi connectivity index (χ2v) is 7.28. The minimum Gasteiger partial charge on any atom is -0.481 e. The van der Waals surface area contributed by atoms with Gasteiger partial charge in [-0.25, -0.2) is 4.79 Å². The predicted molar refractivity (Wildman–Crippen MR) is 87.2 cm³/mol. The van der Waals surface area contributed by atoms with Gasteiger partial charge in [0, 0.05) is 6.54 Å². The molecule has 22 heavy (non-hydrogen) atoms. The van der Waals surface area contributed by atoms with Crippen molar-refractivity contribution in [1.82, 2.24) is 5.32 Å². The van der Waals surface area contributed by atoms with Crippen molar-refractivity contribution in [1.29, 1.82) is 0 Å². The van der Waals surface area contributed by atoms with E-state index in [1.54, 1.807) is 20.8 Å². The third-order valence-corrected chi connectivity index (χ3v) is 4.01. The molecule has 6 heteroatoms. The molecule has 124 valence electrons. The summed E-state index contributed by atoms with van der Waals surface area (Å²) in [5, 5.41) is 16.2. The van der Waals surface area contributed by atoms with Crippen LogP contribution in [0.1, 0.15) is 46.1 Å². The Hall–Kier alpha value is -1.56. The number of amides is 1. The van der Waals surface area contributed by atoms with E-state index in [9.17, 15) is 14.7 Å². The van der Waals surface area contributed by atoms with Crippen LogP contribution in [0.5, 0.6) is 0 Å². The number of hydrogen-bond donors (Lipinski definition) is 2. The number of hydrogen-bond acceptors (Lipinski definition) is 4. The Bertz CT molecular complexity index is 493. The number of aliphatic carboxylic acids is 1. The van der Waals surface area contributed by atoms with Gasteiger partial charge < -0.3 is 15.2 Å². The Balaban J connectivity index is 2.81. The number of alkyl carbamates (subject to hydrolysis) is 1. The number of thiophene rings is 1. The number of ether oxygens (including phenoxy) is 1. The number of nitrogens with one attached hydrogen (secondary N) is 1. The molecule has 0 aliphatic heterocycles. The average Bonchev–Trinajstić information content (AvgIpc) is 2.86. The first kappa shape index (κ1) is 18.5. The number of carbonyl (C=O) groups is 2. The Kier molecular flexibility index (Phi) is 6.41. The van der Waals surface area contributed by atoms with Crippen LogP contribution in [0.3, 0.4) is 0 Å². The predicted octanol–water partition coefficient (Wildman–Crippen LogP) is 3.69. The van der Waals surface area contributed by atoms with Gasteiger partial charge in [0.2, 0.25) is 0 Å². The Morgan fingerprint density at radius 1 is 1.36 bits per heavy atom. The van der Waals surface area contributed by atoms with Crippen molar-refractivity contribution >= 4 is 23.4 Å². The molecule has 1 heterocycles. The highest BCUT2D eigenvalue weighted by Gasteiger charge is 2.38. The first-order valence-electron chi connectivity index (χ1n) is 7.40. The molecular weight excluding hydrogens is 302 g/mol. The molecule has 1 unspecified atom stereocenters. The van der Waals surface area contributed by atoms with Crippen LogP contribution in [-0.2, 0) is 16.0 Å². The van der Waals surface area contributed by atoms with Gasteiger partial charge in [0.15, 0.2) is 0 Å². The lowest BCUT2D eigenvalue weighted by Gasteiger charge is -2.30. The van der Waals surface area contributed by atoms with Crippen LogP contribution in [0.2, 0.25) is 0 Å². The van der Waals surface area contributed by atoms with Gasteiger partial charge in [0.25, 0.3) is 0 Å². The molecule has 5 nitrogen and oxygen atoms in total. The first-order valence-corrected chi connectivity index (χ1v) is 8.34. The summed E-state index contributed by atoms with van der Waals surface area (Å²) in [7, 11) is 0. The van der Waals surface area contributed by atoms with Crippen molar-refractivity contribution in [3.63, 3.8) is 0 Å². The zero-order valence-corrected chi connectivity index (χ0v) is 14.5. The maximum atomic E-state index is 11.8. The van der Waals surface area contributed by atoms with Gasteiger partial charge >= 0.3 is 12.1 Å². The summed E-state index contributed by atoms with van der Waals surface area (Å²) >= 11 is 1.54. The first-order chi connectivity index (χ1) is 10.2. The third kappa shape index (κ3) is 5.67. The summed E-state index contributed by atoms with van der Waals surface area (Å²) in [5.74, 6) is -0.892. The van der Waals surface area contributed by atoms with Crippen molar-refractivity contribution < 1.29 is 19.4 Å². The molecule has 0 saturated heterocycles. The van der Waals surface area contributed by atoms with E-state index in [4.69, 9.17) is 4.74 Å². The molecule has 1 rings (SSSR count). The highest BCUT2D eigenvalue weighted by Crippen LogP contribution is 2.30. The molecule has 1 aromatic rings. The van der Waals surface area contributed by atoms with Crippen LogP contribution >= 0.6 is 11.3 Å². The second-order valence-electron chi connectivity index (χ2n) is 6.50. The van der Waals surface area contributed by atoms with Crippen LogP contribution in [0.4, 0.5) is 4.79 Å². The number of carbonyl (C=O) groups excluding carboxylic acids is 1. The molecule has 0 aromatic carbocycles. The van der Waals surface area contributed by atoms with Gasteiger partial charge in [0.1, 0.15) is 5.60 Å². The lowest BCUT2D eigenvalue weighted by molar-refractivity contribution is -0.149. The zero-order chi connectivity index (χ0) is 16.8. The van der Waals surface area contributed by atoms with E-state index >= 15 is 0 Å². The minimum absolute atomic E-state index is 0.0565. The standard InChI is InChI=1S/C16H25NO4S/c1-5-7-16(13(18)19,9-12-6-8-22-10-12)11-17-14(20)21-15(2,3)4/h6,8,10H,5,7,9,11H2,1-4H3,(H,17,20)(H,18,19). The number of rotatable bonds is 7. The molecule has 0 saturated carbocycles. The lowest BCUT2D eigenvalue weighted by atomic mass is 9.78. The van der Waals surface area contributed by atoms with Gasteiger partial charge in [-0.2, -0.15) is 11.3 Å². The molecule has 0 bridgehead atoms. The fourth-order valence-electron chi connectivity index (χ4n) is 2.32. The van der Waals surface area contributed by atoms with Crippen molar-refractivity contribution in [2.45, 2.75) is 52.6 Å². The van der Waals surface area contributed by atoms with E-state index in [2.05, 4.69) is 5.32 Å². The van der Waals surface area contributed by atoms with Gasteiger partial charge in [-0.15, -0.1) is 0 Å². The second kappa shape index (κ2) is 7.63. The monoisotopic (exact) mass is 327 g/mol. The molecule has 0 radical (unpaired) electrons. The van der Waals surface area contributed by atoms with Gasteiger partial charge in [0.05, 0.1) is 5.41 Å². The fourth-order valence-corrected chi connectivity index (χ4v) is 2.98. The maximum Gasteiger partial charge on any atom is 0.407 e. The third-order valence-electron chi connectivity index (χ3n) is 3.27. The topological polar surface area (TPSA) is 75.6 Å². The smallest absolute Gasteiger partial charge is 0.407 e. The zero-order valence-electron chi connectivity index (χ0n) is 13.6. The van der Waals surface area contributed by atoms with E-state index in [0.717, 1.165) is 12.0 Å². The summed E-state index contributed by atoms with van der Waals surface area (Å²) < 4.78 is 5.19. The van der Waals surface area contributed by atoms with E-state index in [-0.39, 0.29) is 6.54 Å². The largest absolute Gasteiger partial charge is 0.481 e. The maximum absolute atomic E-state index is 11.8. The van der Waals surface area contributed by atoms with Gasteiger partial charge in [-0.3, -0.25) is 4.79 Å². The highest BCUT2D eigenvalue weighted by atomic mass is 32.1. The average molecular weight is 327 g/mol. The van der Waals surface area contributed by atoms with Crippen LogP contribution < -0.4 is 5.32 Å². The summed E-state index contributed by atoms with van der Waals surface area (Å²) in [5.41, 5.74) is -0.632. The van der Waals surface area contributed by atoms with E-state index in [1.165, 1.54) is 11.3 Å². The number of carboxylic acid groups (broad SMARTS) is 1. The molecule has 0 aliphatic rings. The molecule has 2 N–H and O–H groups in total. The fraction of sp³-hybridized carbons (Fsp3) is 0.625. The molecule has 1 aromatic heterocycles. The Labute approximate surface area is 135 Å². The van der Waals surface area contributed by atoms with Crippen molar-refractivity contribution in [2.75, 3.05) is 6.54 Å². The van der Waals surface area contributed by atoms with Gasteiger partial charge in [-0.1, -0.05) is 13.3 Å². The lowest BCUT2D eigenvalue weighted by Crippen LogP contribution is -2.45. The van der Waals surface area contributed by atoms with Crippen molar-refractivity contribution in [3.8, 4) is 0 Å². The summed E-state index contributed by atoms with van der Waals surface area (Å²) in [6.45, 7) is 7.32. The highest BCUT2D eigenvalue weighted by molar-refractivity contribution is 7.07. The van der Waals surface area contributed by atoms with Crippen molar-refractivity contribution in [3.05, 3.63) is 22.4 Å². The quantitative estimate of drug-likeness (QED) is 0.801. The normalized spacial score (nSPS) is 14.2. The summed E-state index contributed by atoms with van der Waals surface area (Å²) in [4.78, 5) is 23.7. The summed E-state index contributed by atoms with van der Waals surface area (Å²) in [6.07, 6.45) is 1.04. The molecule has 0 aliphatic carbocycles. The van der Waals surface area contributed by atoms with Crippen LogP contribution in [-0.4, -0.2) is 29.3 Å². The van der Waals surface area contributed by atoms with E-state index in [0.29, 0.717) is 12.8 Å². The van der Waals surface area contributed by atoms with Crippen LogP contribution in [0, 0.1) is 5.41 Å². The van der Waals surface area contributed by atoms with E-state index in [1.807, 2.05) is 23.8 Å². The van der Waals surface area contributed by atoms with Crippen LogP contribution in [0.15, 0.2) is 16.8 Å². The number of carboxylic acids is 1. The summed E-state index contributed by atoms with van der Waals surface area (Å²) in [6, 6.07) is 1.92. The SMILES string of the molecule is CCCC(CNC(=O)OC(C)(C)C)(Cc1ccsc1)C(=O)O. The Morgan fingerprint density at radius 2 is 2.05 bits per heavy atom. The van der Waals surface area contributed by atoms with Crippen molar-refractivity contribution in [2.24, 2.45) is 5.41 Å². The molecule has 1 atom stereocenters. The Morgan fingerprint density at radius 3 is 2.50 bits per heavy atom. The molecular formula is C16H25NO4S. The van der Waals surface area contributed by atoms with Crippen LogP contribution in [0.25, 0.3) is 0 Å². The molecule has 1 amide bonds.